The summed E-state index contributed by atoms with van der Waals surface area (Å²) in [5.41, 5.74) is 6.99. The van der Waals surface area contributed by atoms with Gasteiger partial charge < -0.3 is 10.6 Å². The number of aromatic nitrogens is 1. The maximum atomic E-state index is 5.89. The summed E-state index contributed by atoms with van der Waals surface area (Å²) in [6, 6.07) is 0. The summed E-state index contributed by atoms with van der Waals surface area (Å²) in [6.07, 6.45) is 2.00. The lowest BCUT2D eigenvalue weighted by Gasteiger charge is -2.19. The highest BCUT2D eigenvalue weighted by atomic mass is 32.1. The van der Waals surface area contributed by atoms with Gasteiger partial charge in [0.25, 0.3) is 0 Å². The molecule has 0 saturated carbocycles. The van der Waals surface area contributed by atoms with Crippen molar-refractivity contribution in [1.29, 1.82) is 0 Å². The van der Waals surface area contributed by atoms with E-state index in [9.17, 15) is 0 Å². The third-order valence-electron chi connectivity index (χ3n) is 2.58. The van der Waals surface area contributed by atoms with Crippen molar-refractivity contribution in [2.45, 2.75) is 33.6 Å². The first-order chi connectivity index (χ1) is 8.17. The summed E-state index contributed by atoms with van der Waals surface area (Å²) < 4.78 is 0. The topological polar surface area (TPSA) is 54.5 Å². The second-order valence-electron chi connectivity index (χ2n) is 3.90. The van der Waals surface area contributed by atoms with Gasteiger partial charge in [-0.3, -0.25) is 4.99 Å². The molecule has 5 heteroatoms. The average molecular weight is 254 g/mol. The number of rotatable bonds is 6. The summed E-state index contributed by atoms with van der Waals surface area (Å²) in [4.78, 5) is 10.9. The van der Waals surface area contributed by atoms with Crippen LogP contribution in [0.1, 0.15) is 31.0 Å². The van der Waals surface area contributed by atoms with Crippen LogP contribution in [0.2, 0.25) is 0 Å². The van der Waals surface area contributed by atoms with E-state index in [0.29, 0.717) is 5.96 Å². The predicted octanol–water partition coefficient (Wildman–Crippen LogP) is 2.04. The Labute approximate surface area is 108 Å². The molecule has 4 nitrogen and oxygen atoms in total. The Balaban J connectivity index is 2.29. The maximum absolute atomic E-state index is 5.89. The molecule has 0 saturated heterocycles. The number of nitrogens with two attached hydrogens (primary N) is 1. The minimum Gasteiger partial charge on any atom is -0.370 e. The quantitative estimate of drug-likeness (QED) is 0.480. The van der Waals surface area contributed by atoms with Crippen molar-refractivity contribution in [3.8, 4) is 0 Å². The Morgan fingerprint density at radius 3 is 2.71 bits per heavy atom. The molecule has 2 N–H and O–H groups in total. The van der Waals surface area contributed by atoms with Crippen molar-refractivity contribution in [3.63, 3.8) is 0 Å². The van der Waals surface area contributed by atoms with Crippen LogP contribution in [0.4, 0.5) is 0 Å². The van der Waals surface area contributed by atoms with Crippen LogP contribution in [-0.4, -0.2) is 35.5 Å². The molecule has 0 amide bonds. The zero-order valence-electron chi connectivity index (χ0n) is 10.9. The molecule has 17 heavy (non-hydrogen) atoms. The first kappa shape index (κ1) is 14.0. The largest absolute Gasteiger partial charge is 0.370 e. The van der Waals surface area contributed by atoms with Crippen LogP contribution in [0, 0.1) is 6.92 Å². The molecule has 0 aromatic carbocycles. The summed E-state index contributed by atoms with van der Waals surface area (Å²) in [6.45, 7) is 8.81. The van der Waals surface area contributed by atoms with Crippen LogP contribution in [0.3, 0.4) is 0 Å². The number of aliphatic imine (C=N–C) groups is 1. The van der Waals surface area contributed by atoms with Crippen LogP contribution < -0.4 is 5.73 Å². The Hall–Kier alpha value is -1.10. The van der Waals surface area contributed by atoms with E-state index < -0.39 is 0 Å². The highest BCUT2D eigenvalue weighted by Crippen LogP contribution is 2.10. The lowest BCUT2D eigenvalue weighted by atomic mass is 10.3. The maximum Gasteiger partial charge on any atom is 0.191 e. The summed E-state index contributed by atoms with van der Waals surface area (Å²) >= 11 is 1.72. The van der Waals surface area contributed by atoms with Gasteiger partial charge in [-0.1, -0.05) is 0 Å². The zero-order valence-corrected chi connectivity index (χ0v) is 11.8. The van der Waals surface area contributed by atoms with Gasteiger partial charge in [0.1, 0.15) is 0 Å². The van der Waals surface area contributed by atoms with Gasteiger partial charge in [0.05, 0.1) is 5.01 Å². The van der Waals surface area contributed by atoms with Crippen molar-refractivity contribution in [2.75, 3.05) is 19.6 Å². The number of thiazole rings is 1. The van der Waals surface area contributed by atoms with Gasteiger partial charge in [0, 0.05) is 37.1 Å². The molecular formula is C12H22N4S. The predicted molar refractivity (Wildman–Crippen MR) is 74.6 cm³/mol. The third kappa shape index (κ3) is 4.73. The van der Waals surface area contributed by atoms with E-state index in [1.54, 1.807) is 11.3 Å². The van der Waals surface area contributed by atoms with Crippen LogP contribution >= 0.6 is 11.3 Å². The molecule has 96 valence electrons. The van der Waals surface area contributed by atoms with Gasteiger partial charge in [0.2, 0.25) is 0 Å². The molecule has 0 aliphatic carbocycles. The van der Waals surface area contributed by atoms with Crippen molar-refractivity contribution >= 4 is 17.3 Å². The monoisotopic (exact) mass is 254 g/mol. The average Bonchev–Trinajstić information content (AvgIpc) is 2.72. The molecule has 0 unspecified atom stereocenters. The SMILES string of the molecule is CCN(CC)C(N)=NCCCc1nc(C)cs1. The van der Waals surface area contributed by atoms with E-state index in [1.807, 2.05) is 6.92 Å². The standard InChI is InChI=1S/C12H22N4S/c1-4-16(5-2)12(13)14-8-6-7-11-15-10(3)9-17-11/h9H,4-8H2,1-3H3,(H2,13,14). The summed E-state index contributed by atoms with van der Waals surface area (Å²) in [5.74, 6) is 0.658. The first-order valence-electron chi connectivity index (χ1n) is 6.13. The fourth-order valence-electron chi connectivity index (χ4n) is 1.59. The van der Waals surface area contributed by atoms with Gasteiger partial charge >= 0.3 is 0 Å². The smallest absolute Gasteiger partial charge is 0.191 e. The number of guanidine groups is 1. The molecule has 0 radical (unpaired) electrons. The molecule has 1 heterocycles. The zero-order chi connectivity index (χ0) is 12.7. The van der Waals surface area contributed by atoms with Crippen molar-refractivity contribution in [1.82, 2.24) is 9.88 Å². The van der Waals surface area contributed by atoms with Gasteiger partial charge in [-0.05, 0) is 27.2 Å². The molecule has 1 rings (SSSR count). The lowest BCUT2D eigenvalue weighted by Crippen LogP contribution is -2.37. The number of nitrogens with zero attached hydrogens (tertiary/aromatic N) is 3. The van der Waals surface area contributed by atoms with E-state index in [2.05, 4.69) is 34.1 Å². The Kier molecular flexibility index (Phi) is 5.97. The van der Waals surface area contributed by atoms with Crippen molar-refractivity contribution in [2.24, 2.45) is 10.7 Å². The Morgan fingerprint density at radius 1 is 1.47 bits per heavy atom. The van der Waals surface area contributed by atoms with E-state index in [4.69, 9.17) is 5.73 Å². The highest BCUT2D eigenvalue weighted by Gasteiger charge is 2.02. The second kappa shape index (κ2) is 7.27. The van der Waals surface area contributed by atoms with E-state index in [-0.39, 0.29) is 0 Å². The van der Waals surface area contributed by atoms with E-state index in [0.717, 1.165) is 38.2 Å². The number of hydrogen-bond acceptors (Lipinski definition) is 3. The first-order valence-corrected chi connectivity index (χ1v) is 7.01. The van der Waals surface area contributed by atoms with Crippen LogP contribution in [0.5, 0.6) is 0 Å². The molecule has 0 fully saturated rings. The number of aryl methyl sites for hydroxylation is 2. The van der Waals surface area contributed by atoms with E-state index in [1.165, 1.54) is 5.01 Å². The molecular weight excluding hydrogens is 232 g/mol. The third-order valence-corrected chi connectivity index (χ3v) is 3.60. The molecule has 0 aliphatic heterocycles. The van der Waals surface area contributed by atoms with Crippen molar-refractivity contribution in [3.05, 3.63) is 16.1 Å². The molecule has 0 atom stereocenters. The second-order valence-corrected chi connectivity index (χ2v) is 4.84. The van der Waals surface area contributed by atoms with Crippen molar-refractivity contribution < 1.29 is 0 Å². The van der Waals surface area contributed by atoms with Crippen LogP contribution in [-0.2, 0) is 6.42 Å². The Morgan fingerprint density at radius 2 is 2.18 bits per heavy atom. The Bertz CT molecular complexity index is 355. The number of hydrogen-bond donors (Lipinski definition) is 1. The molecule has 0 aliphatic rings. The summed E-state index contributed by atoms with van der Waals surface area (Å²) in [5, 5.41) is 3.28. The van der Waals surface area contributed by atoms with E-state index >= 15 is 0 Å². The van der Waals surface area contributed by atoms with Crippen LogP contribution in [0.15, 0.2) is 10.4 Å². The fraction of sp³-hybridized carbons (Fsp3) is 0.667. The highest BCUT2D eigenvalue weighted by molar-refractivity contribution is 7.09. The van der Waals surface area contributed by atoms with Gasteiger partial charge in [0.15, 0.2) is 5.96 Å². The minimum absolute atomic E-state index is 0.658. The summed E-state index contributed by atoms with van der Waals surface area (Å²) in [7, 11) is 0. The molecule has 0 bridgehead atoms. The van der Waals surface area contributed by atoms with Gasteiger partial charge in [-0.15, -0.1) is 11.3 Å². The lowest BCUT2D eigenvalue weighted by molar-refractivity contribution is 0.458. The van der Waals surface area contributed by atoms with Crippen LogP contribution in [0.25, 0.3) is 0 Å². The molecule has 0 spiro atoms. The normalized spacial score (nSPS) is 11.8. The minimum atomic E-state index is 0.658. The molecule has 1 aromatic heterocycles. The fourth-order valence-corrected chi connectivity index (χ4v) is 2.41. The van der Waals surface area contributed by atoms with Gasteiger partial charge in [-0.25, -0.2) is 4.98 Å². The van der Waals surface area contributed by atoms with Gasteiger partial charge in [-0.2, -0.15) is 0 Å². The molecule has 1 aromatic rings.